The van der Waals surface area contributed by atoms with Crippen LogP contribution in [0.25, 0.3) is 0 Å². The van der Waals surface area contributed by atoms with Crippen molar-refractivity contribution in [1.29, 1.82) is 0 Å². The van der Waals surface area contributed by atoms with Crippen molar-refractivity contribution in [3.8, 4) is 0 Å². The van der Waals surface area contributed by atoms with E-state index in [4.69, 9.17) is 0 Å². The molecular weight excluding hydrogens is 142 g/mol. The zero-order chi connectivity index (χ0) is 7.56. The maximum Gasteiger partial charge on any atom is 0.0730 e. The van der Waals surface area contributed by atoms with Gasteiger partial charge in [-0.05, 0) is 25.0 Å². The molecule has 0 radical (unpaired) electrons. The minimum absolute atomic E-state index is 0.292. The summed E-state index contributed by atoms with van der Waals surface area (Å²) < 4.78 is 2.10. The van der Waals surface area contributed by atoms with Crippen molar-refractivity contribution in [2.24, 2.45) is 0 Å². The number of aryl methyl sites for hydroxylation is 1. The van der Waals surface area contributed by atoms with Crippen LogP contribution in [-0.2, 0) is 6.42 Å². The molecule has 0 N–H and O–H groups in total. The molecule has 0 saturated heterocycles. The Labute approximate surface area is 67.5 Å². The quantitative estimate of drug-likeness (QED) is 0.626. The SMILES string of the molecule is CCc1ccn(C(C)S)c1. The summed E-state index contributed by atoms with van der Waals surface area (Å²) in [5.41, 5.74) is 1.38. The molecule has 56 valence electrons. The van der Waals surface area contributed by atoms with Crippen LogP contribution in [0.5, 0.6) is 0 Å². The third-order valence-corrected chi connectivity index (χ3v) is 1.88. The average Bonchev–Trinajstić information content (AvgIpc) is 2.34. The second-order valence-corrected chi connectivity index (χ2v) is 3.20. The number of hydrogen-bond donors (Lipinski definition) is 1. The van der Waals surface area contributed by atoms with E-state index in [1.54, 1.807) is 0 Å². The van der Waals surface area contributed by atoms with E-state index in [1.165, 1.54) is 5.56 Å². The molecule has 1 aromatic rings. The van der Waals surface area contributed by atoms with Crippen LogP contribution in [0.2, 0.25) is 0 Å². The molecule has 1 aromatic heterocycles. The highest BCUT2D eigenvalue weighted by atomic mass is 32.1. The fourth-order valence-electron chi connectivity index (χ4n) is 0.901. The Bertz CT molecular complexity index is 203. The lowest BCUT2D eigenvalue weighted by Gasteiger charge is -2.03. The number of aromatic nitrogens is 1. The van der Waals surface area contributed by atoms with Crippen molar-refractivity contribution in [2.75, 3.05) is 0 Å². The Hall–Kier alpha value is -0.370. The first-order chi connectivity index (χ1) is 4.74. The summed E-state index contributed by atoms with van der Waals surface area (Å²) in [6.45, 7) is 4.21. The van der Waals surface area contributed by atoms with Gasteiger partial charge < -0.3 is 4.57 Å². The second kappa shape index (κ2) is 3.15. The van der Waals surface area contributed by atoms with Crippen LogP contribution < -0.4 is 0 Å². The van der Waals surface area contributed by atoms with Crippen molar-refractivity contribution < 1.29 is 0 Å². The van der Waals surface area contributed by atoms with Gasteiger partial charge in [0.05, 0.1) is 5.37 Å². The number of thiol groups is 1. The maximum atomic E-state index is 4.30. The molecule has 0 spiro atoms. The highest BCUT2D eigenvalue weighted by Crippen LogP contribution is 2.12. The number of rotatable bonds is 2. The van der Waals surface area contributed by atoms with E-state index in [1.807, 2.05) is 0 Å². The lowest BCUT2D eigenvalue weighted by Crippen LogP contribution is -1.92. The Morgan fingerprint density at radius 2 is 2.40 bits per heavy atom. The lowest BCUT2D eigenvalue weighted by atomic mass is 10.3. The van der Waals surface area contributed by atoms with Gasteiger partial charge in [0, 0.05) is 12.4 Å². The minimum atomic E-state index is 0.292. The molecule has 1 unspecified atom stereocenters. The van der Waals surface area contributed by atoms with E-state index in [0.29, 0.717) is 5.37 Å². The van der Waals surface area contributed by atoms with Gasteiger partial charge in [-0.15, -0.1) is 0 Å². The average molecular weight is 155 g/mol. The van der Waals surface area contributed by atoms with Crippen molar-refractivity contribution >= 4 is 12.6 Å². The van der Waals surface area contributed by atoms with Crippen LogP contribution in [0.3, 0.4) is 0 Å². The van der Waals surface area contributed by atoms with E-state index in [9.17, 15) is 0 Å². The third-order valence-electron chi connectivity index (χ3n) is 1.62. The zero-order valence-corrected chi connectivity index (χ0v) is 7.31. The largest absolute Gasteiger partial charge is 0.342 e. The van der Waals surface area contributed by atoms with Crippen molar-refractivity contribution in [3.05, 3.63) is 24.0 Å². The van der Waals surface area contributed by atoms with Crippen LogP contribution in [0.4, 0.5) is 0 Å². The van der Waals surface area contributed by atoms with Gasteiger partial charge in [0.25, 0.3) is 0 Å². The Balaban J connectivity index is 2.78. The van der Waals surface area contributed by atoms with Gasteiger partial charge in [0.15, 0.2) is 0 Å². The molecule has 0 aliphatic heterocycles. The standard InChI is InChI=1S/C8H13NS/c1-3-8-4-5-9(6-8)7(2)10/h4-7,10H,3H2,1-2H3. The highest BCUT2D eigenvalue weighted by molar-refractivity contribution is 7.80. The van der Waals surface area contributed by atoms with Gasteiger partial charge in [-0.2, -0.15) is 12.6 Å². The van der Waals surface area contributed by atoms with Crippen molar-refractivity contribution in [3.63, 3.8) is 0 Å². The minimum Gasteiger partial charge on any atom is -0.342 e. The fraction of sp³-hybridized carbons (Fsp3) is 0.500. The Morgan fingerprint density at radius 1 is 1.70 bits per heavy atom. The number of nitrogens with zero attached hydrogens (tertiary/aromatic N) is 1. The molecule has 1 atom stereocenters. The summed E-state index contributed by atoms with van der Waals surface area (Å²) in [6.07, 6.45) is 5.31. The Kier molecular flexibility index (Phi) is 2.44. The highest BCUT2D eigenvalue weighted by Gasteiger charge is 1.96. The van der Waals surface area contributed by atoms with E-state index in [2.05, 4.69) is 49.5 Å². The molecule has 2 heteroatoms. The normalized spacial score (nSPS) is 13.5. The summed E-state index contributed by atoms with van der Waals surface area (Å²) in [6, 6.07) is 2.13. The summed E-state index contributed by atoms with van der Waals surface area (Å²) >= 11 is 4.30. The van der Waals surface area contributed by atoms with Gasteiger partial charge in [-0.3, -0.25) is 0 Å². The summed E-state index contributed by atoms with van der Waals surface area (Å²) in [4.78, 5) is 0. The molecule has 1 heterocycles. The first-order valence-electron chi connectivity index (χ1n) is 3.58. The molecule has 1 nitrogen and oxygen atoms in total. The van der Waals surface area contributed by atoms with E-state index < -0.39 is 0 Å². The molecule has 0 saturated carbocycles. The zero-order valence-electron chi connectivity index (χ0n) is 6.41. The van der Waals surface area contributed by atoms with E-state index in [0.717, 1.165) is 6.42 Å². The molecule has 0 fully saturated rings. The fourth-order valence-corrected chi connectivity index (χ4v) is 1.04. The lowest BCUT2D eigenvalue weighted by molar-refractivity contribution is 0.748. The third kappa shape index (κ3) is 1.57. The predicted molar refractivity (Wildman–Crippen MR) is 47.5 cm³/mol. The molecule has 0 amide bonds. The summed E-state index contributed by atoms with van der Waals surface area (Å²) in [7, 11) is 0. The van der Waals surface area contributed by atoms with E-state index in [-0.39, 0.29) is 0 Å². The first kappa shape index (κ1) is 7.73. The van der Waals surface area contributed by atoms with Crippen LogP contribution in [0, 0.1) is 0 Å². The second-order valence-electron chi connectivity index (χ2n) is 2.45. The molecular formula is C8H13NS. The van der Waals surface area contributed by atoms with Crippen LogP contribution >= 0.6 is 12.6 Å². The molecule has 0 bridgehead atoms. The maximum absolute atomic E-state index is 4.30. The van der Waals surface area contributed by atoms with Gasteiger partial charge in [0.1, 0.15) is 0 Å². The molecule has 1 rings (SSSR count). The summed E-state index contributed by atoms with van der Waals surface area (Å²) in [5.74, 6) is 0. The van der Waals surface area contributed by atoms with Crippen LogP contribution in [-0.4, -0.2) is 4.57 Å². The first-order valence-corrected chi connectivity index (χ1v) is 4.10. The topological polar surface area (TPSA) is 4.93 Å². The molecule has 0 aliphatic rings. The predicted octanol–water partition coefficient (Wildman–Crippen LogP) is 2.50. The van der Waals surface area contributed by atoms with Crippen LogP contribution in [0.15, 0.2) is 18.5 Å². The number of hydrogen-bond acceptors (Lipinski definition) is 1. The monoisotopic (exact) mass is 155 g/mol. The van der Waals surface area contributed by atoms with Crippen molar-refractivity contribution in [2.45, 2.75) is 25.6 Å². The molecule has 0 aliphatic carbocycles. The molecule has 10 heavy (non-hydrogen) atoms. The van der Waals surface area contributed by atoms with Gasteiger partial charge in [0.2, 0.25) is 0 Å². The van der Waals surface area contributed by atoms with Crippen molar-refractivity contribution in [1.82, 2.24) is 4.57 Å². The van der Waals surface area contributed by atoms with Gasteiger partial charge >= 0.3 is 0 Å². The van der Waals surface area contributed by atoms with Gasteiger partial charge in [-0.1, -0.05) is 6.92 Å². The summed E-state index contributed by atoms with van der Waals surface area (Å²) in [5, 5.41) is 0.292. The van der Waals surface area contributed by atoms with E-state index >= 15 is 0 Å². The van der Waals surface area contributed by atoms with Gasteiger partial charge in [-0.25, -0.2) is 0 Å². The van der Waals surface area contributed by atoms with Crippen LogP contribution in [0.1, 0.15) is 24.8 Å². The molecule has 0 aromatic carbocycles. The Morgan fingerprint density at radius 3 is 2.70 bits per heavy atom. The smallest absolute Gasteiger partial charge is 0.0730 e.